The lowest BCUT2D eigenvalue weighted by Crippen LogP contribution is -2.38. The fraction of sp³-hybridized carbons (Fsp3) is 0.471. The number of carbonyl (C=O) groups is 1. The van der Waals surface area contributed by atoms with Gasteiger partial charge in [0.25, 0.3) is 0 Å². The smallest absolute Gasteiger partial charge is 0.224 e. The summed E-state index contributed by atoms with van der Waals surface area (Å²) >= 11 is 0. The van der Waals surface area contributed by atoms with Gasteiger partial charge < -0.3 is 14.8 Å². The number of nitrogens with one attached hydrogen (secondary N) is 1. The molecular weight excluding hydrogens is 294 g/mol. The SMILES string of the molecule is C#CCCC1(CCC(=O)Nc2ccccc2OC2COC2)N=N1. The molecule has 1 aromatic rings. The molecule has 23 heavy (non-hydrogen) atoms. The maximum absolute atomic E-state index is 12.2. The zero-order valence-corrected chi connectivity index (χ0v) is 12.8. The Morgan fingerprint density at radius 3 is 2.83 bits per heavy atom. The van der Waals surface area contributed by atoms with Gasteiger partial charge in [-0.15, -0.1) is 12.3 Å². The molecular formula is C17H19N3O3. The van der Waals surface area contributed by atoms with Crippen molar-refractivity contribution >= 4 is 11.6 Å². The molecule has 0 aliphatic carbocycles. The standard InChI is InChI=1S/C17H19N3O3/c1-2-3-9-17(19-20-17)10-8-16(21)18-14-6-4-5-7-15(14)23-13-11-22-12-13/h1,4-7,13H,3,8-12H2,(H,18,21). The van der Waals surface area contributed by atoms with E-state index in [-0.39, 0.29) is 12.0 Å². The molecule has 120 valence electrons. The minimum atomic E-state index is -0.428. The fourth-order valence-corrected chi connectivity index (χ4v) is 2.33. The van der Waals surface area contributed by atoms with E-state index in [0.717, 1.165) is 0 Å². The number of anilines is 1. The van der Waals surface area contributed by atoms with Gasteiger partial charge in [0.1, 0.15) is 11.9 Å². The molecule has 1 N–H and O–H groups in total. The molecule has 1 amide bonds. The molecule has 6 heteroatoms. The van der Waals surface area contributed by atoms with Gasteiger partial charge in [-0.05, 0) is 12.1 Å². The maximum Gasteiger partial charge on any atom is 0.224 e. The van der Waals surface area contributed by atoms with Crippen molar-refractivity contribution in [2.45, 2.75) is 37.5 Å². The first kappa shape index (κ1) is 15.5. The molecule has 2 aliphatic heterocycles. The van der Waals surface area contributed by atoms with Crippen LogP contribution in [0, 0.1) is 12.3 Å². The number of para-hydroxylation sites is 2. The second-order valence-corrected chi connectivity index (χ2v) is 5.71. The van der Waals surface area contributed by atoms with Crippen LogP contribution in [0.1, 0.15) is 25.7 Å². The number of hydrogen-bond donors (Lipinski definition) is 1. The average Bonchev–Trinajstić information content (AvgIpc) is 3.29. The van der Waals surface area contributed by atoms with Crippen LogP contribution in [0.15, 0.2) is 34.5 Å². The van der Waals surface area contributed by atoms with Crippen molar-refractivity contribution in [3.8, 4) is 18.1 Å². The predicted octanol–water partition coefficient (Wildman–Crippen LogP) is 2.76. The zero-order chi connectivity index (χ0) is 16.1. The van der Waals surface area contributed by atoms with Crippen molar-refractivity contribution in [3.05, 3.63) is 24.3 Å². The Labute approximate surface area is 135 Å². The Bertz CT molecular complexity index is 641. The fourth-order valence-electron chi connectivity index (χ4n) is 2.33. The summed E-state index contributed by atoms with van der Waals surface area (Å²) in [5.41, 5.74) is 0.245. The van der Waals surface area contributed by atoms with Crippen LogP contribution in [0.25, 0.3) is 0 Å². The van der Waals surface area contributed by atoms with Gasteiger partial charge in [-0.1, -0.05) is 12.1 Å². The van der Waals surface area contributed by atoms with Crippen LogP contribution in [-0.2, 0) is 9.53 Å². The van der Waals surface area contributed by atoms with Crippen molar-refractivity contribution in [1.29, 1.82) is 0 Å². The summed E-state index contributed by atoms with van der Waals surface area (Å²) < 4.78 is 10.9. The predicted molar refractivity (Wildman–Crippen MR) is 85.2 cm³/mol. The van der Waals surface area contributed by atoms with Gasteiger partial charge >= 0.3 is 0 Å². The summed E-state index contributed by atoms with van der Waals surface area (Å²) in [4.78, 5) is 12.2. The third-order valence-corrected chi connectivity index (χ3v) is 3.87. The van der Waals surface area contributed by atoms with Crippen molar-refractivity contribution in [2.75, 3.05) is 18.5 Å². The Hall–Kier alpha value is -2.39. The van der Waals surface area contributed by atoms with Gasteiger partial charge in [-0.2, -0.15) is 10.2 Å². The largest absolute Gasteiger partial charge is 0.483 e. The van der Waals surface area contributed by atoms with E-state index in [2.05, 4.69) is 21.5 Å². The van der Waals surface area contributed by atoms with Crippen LogP contribution in [0.3, 0.4) is 0 Å². The van der Waals surface area contributed by atoms with Gasteiger partial charge in [-0.25, -0.2) is 0 Å². The Morgan fingerprint density at radius 1 is 1.39 bits per heavy atom. The molecule has 1 fully saturated rings. The summed E-state index contributed by atoms with van der Waals surface area (Å²) in [6, 6.07) is 7.40. The second kappa shape index (κ2) is 6.80. The van der Waals surface area contributed by atoms with Gasteiger partial charge in [0.05, 0.1) is 18.9 Å². The molecule has 0 aromatic heterocycles. The summed E-state index contributed by atoms with van der Waals surface area (Å²) in [5.74, 6) is 3.16. The first-order valence-corrected chi connectivity index (χ1v) is 7.72. The first-order chi connectivity index (χ1) is 11.2. The van der Waals surface area contributed by atoms with Crippen molar-refractivity contribution in [1.82, 2.24) is 0 Å². The number of terminal acetylenes is 1. The third-order valence-electron chi connectivity index (χ3n) is 3.87. The van der Waals surface area contributed by atoms with E-state index < -0.39 is 5.66 Å². The minimum Gasteiger partial charge on any atom is -0.483 e. The lowest BCUT2D eigenvalue weighted by atomic mass is 10.0. The summed E-state index contributed by atoms with van der Waals surface area (Å²) in [7, 11) is 0. The summed E-state index contributed by atoms with van der Waals surface area (Å²) in [5, 5.41) is 11.0. The molecule has 1 saturated heterocycles. The highest BCUT2D eigenvalue weighted by atomic mass is 16.6. The number of carbonyl (C=O) groups excluding carboxylic acids is 1. The number of nitrogens with zero attached hydrogens (tertiary/aromatic N) is 2. The van der Waals surface area contributed by atoms with Crippen LogP contribution >= 0.6 is 0 Å². The van der Waals surface area contributed by atoms with Crippen LogP contribution in [-0.4, -0.2) is 30.9 Å². The highest BCUT2D eigenvalue weighted by molar-refractivity contribution is 5.92. The minimum absolute atomic E-state index is 0.0594. The quantitative estimate of drug-likeness (QED) is 0.750. The topological polar surface area (TPSA) is 72.3 Å². The van der Waals surface area contributed by atoms with Gasteiger partial charge in [0, 0.05) is 25.7 Å². The molecule has 0 radical (unpaired) electrons. The van der Waals surface area contributed by atoms with E-state index in [1.165, 1.54) is 0 Å². The first-order valence-electron chi connectivity index (χ1n) is 7.72. The maximum atomic E-state index is 12.2. The zero-order valence-electron chi connectivity index (χ0n) is 12.8. The van der Waals surface area contributed by atoms with Gasteiger partial charge in [0.15, 0.2) is 5.66 Å². The molecule has 0 bridgehead atoms. The lowest BCUT2D eigenvalue weighted by Gasteiger charge is -2.27. The number of amides is 1. The highest BCUT2D eigenvalue weighted by Gasteiger charge is 2.39. The average molecular weight is 313 g/mol. The van der Waals surface area contributed by atoms with Gasteiger partial charge in [-0.3, -0.25) is 4.79 Å². The molecule has 0 unspecified atom stereocenters. The molecule has 2 heterocycles. The van der Waals surface area contributed by atoms with Crippen LogP contribution in [0.5, 0.6) is 5.75 Å². The normalized spacial score (nSPS) is 17.9. The van der Waals surface area contributed by atoms with Crippen molar-refractivity contribution < 1.29 is 14.3 Å². The number of rotatable bonds is 8. The molecule has 0 spiro atoms. The number of hydrogen-bond acceptors (Lipinski definition) is 5. The van der Waals surface area contributed by atoms with E-state index in [4.69, 9.17) is 15.9 Å². The van der Waals surface area contributed by atoms with E-state index in [1.807, 2.05) is 24.3 Å². The summed E-state index contributed by atoms with van der Waals surface area (Å²) in [6.07, 6.45) is 7.57. The molecule has 6 nitrogen and oxygen atoms in total. The molecule has 2 aliphatic rings. The Morgan fingerprint density at radius 2 is 2.17 bits per heavy atom. The van der Waals surface area contributed by atoms with Crippen molar-refractivity contribution in [3.63, 3.8) is 0 Å². The lowest BCUT2D eigenvalue weighted by molar-refractivity contribution is -0.116. The summed E-state index contributed by atoms with van der Waals surface area (Å²) in [6.45, 7) is 1.17. The van der Waals surface area contributed by atoms with E-state index in [1.54, 1.807) is 0 Å². The monoisotopic (exact) mass is 313 g/mol. The molecule has 1 aromatic carbocycles. The Balaban J connectivity index is 1.51. The molecule has 3 rings (SSSR count). The number of ether oxygens (including phenoxy) is 2. The highest BCUT2D eigenvalue weighted by Crippen LogP contribution is 2.37. The molecule has 0 saturated carbocycles. The van der Waals surface area contributed by atoms with Crippen LogP contribution < -0.4 is 10.1 Å². The van der Waals surface area contributed by atoms with Crippen molar-refractivity contribution in [2.24, 2.45) is 10.2 Å². The second-order valence-electron chi connectivity index (χ2n) is 5.71. The third kappa shape index (κ3) is 4.08. The number of benzene rings is 1. The van der Waals surface area contributed by atoms with E-state index in [0.29, 0.717) is 50.3 Å². The van der Waals surface area contributed by atoms with E-state index >= 15 is 0 Å². The Kier molecular flexibility index (Phi) is 4.58. The molecule has 0 atom stereocenters. The van der Waals surface area contributed by atoms with Crippen LogP contribution in [0.2, 0.25) is 0 Å². The van der Waals surface area contributed by atoms with Gasteiger partial charge in [0.2, 0.25) is 5.91 Å². The van der Waals surface area contributed by atoms with E-state index in [9.17, 15) is 4.79 Å². The van der Waals surface area contributed by atoms with Crippen LogP contribution in [0.4, 0.5) is 5.69 Å².